The van der Waals surface area contributed by atoms with Crippen LogP contribution in [-0.2, 0) is 14.8 Å². The number of morpholine rings is 1. The molecule has 1 rings (SSSR count). The Balaban J connectivity index is 2.79. The molecule has 0 aromatic carbocycles. The molecule has 1 saturated heterocycles. The highest BCUT2D eigenvalue weighted by Gasteiger charge is 2.35. The van der Waals surface area contributed by atoms with E-state index in [0.717, 1.165) is 0 Å². The van der Waals surface area contributed by atoms with Crippen molar-refractivity contribution in [3.05, 3.63) is 0 Å². The molecule has 3 N–H and O–H groups in total. The second kappa shape index (κ2) is 5.42. The SMILES string of the molecule is CC1CN(S(=O)(=O)C(C)CN)CC(CO)O1. The fourth-order valence-corrected chi connectivity index (χ4v) is 3.23. The molecule has 0 bridgehead atoms. The van der Waals surface area contributed by atoms with Crippen LogP contribution in [0.5, 0.6) is 0 Å². The van der Waals surface area contributed by atoms with Gasteiger partial charge in [0.2, 0.25) is 10.0 Å². The molecule has 16 heavy (non-hydrogen) atoms. The summed E-state index contributed by atoms with van der Waals surface area (Å²) in [6.45, 7) is 3.82. The van der Waals surface area contributed by atoms with Gasteiger partial charge in [-0.2, -0.15) is 4.31 Å². The van der Waals surface area contributed by atoms with Crippen molar-refractivity contribution in [1.29, 1.82) is 0 Å². The van der Waals surface area contributed by atoms with Crippen molar-refractivity contribution in [2.75, 3.05) is 26.2 Å². The summed E-state index contributed by atoms with van der Waals surface area (Å²) < 4.78 is 30.8. The Morgan fingerprint density at radius 1 is 1.56 bits per heavy atom. The molecule has 0 aliphatic carbocycles. The van der Waals surface area contributed by atoms with E-state index in [1.54, 1.807) is 13.8 Å². The molecule has 1 fully saturated rings. The van der Waals surface area contributed by atoms with Crippen LogP contribution in [0, 0.1) is 0 Å². The second-order valence-corrected chi connectivity index (χ2v) is 6.51. The van der Waals surface area contributed by atoms with Gasteiger partial charge in [-0.25, -0.2) is 8.42 Å². The van der Waals surface area contributed by atoms with E-state index in [0.29, 0.717) is 6.54 Å². The van der Waals surface area contributed by atoms with Gasteiger partial charge >= 0.3 is 0 Å². The van der Waals surface area contributed by atoms with E-state index >= 15 is 0 Å². The third kappa shape index (κ3) is 2.92. The fourth-order valence-electron chi connectivity index (χ4n) is 1.69. The van der Waals surface area contributed by atoms with Crippen LogP contribution >= 0.6 is 0 Å². The lowest BCUT2D eigenvalue weighted by molar-refractivity contribution is -0.0751. The summed E-state index contributed by atoms with van der Waals surface area (Å²) in [5.41, 5.74) is 5.38. The number of hydrogen-bond acceptors (Lipinski definition) is 5. The van der Waals surface area contributed by atoms with Crippen LogP contribution in [0.1, 0.15) is 13.8 Å². The van der Waals surface area contributed by atoms with Crippen molar-refractivity contribution in [2.45, 2.75) is 31.3 Å². The van der Waals surface area contributed by atoms with Crippen molar-refractivity contribution in [3.8, 4) is 0 Å². The number of hydrogen-bond donors (Lipinski definition) is 2. The van der Waals surface area contributed by atoms with Gasteiger partial charge in [-0.15, -0.1) is 0 Å². The van der Waals surface area contributed by atoms with Gasteiger partial charge in [0, 0.05) is 19.6 Å². The van der Waals surface area contributed by atoms with E-state index in [2.05, 4.69) is 0 Å². The zero-order valence-electron chi connectivity index (χ0n) is 9.67. The maximum atomic E-state index is 12.0. The quantitative estimate of drug-likeness (QED) is 0.652. The molecule has 7 heteroatoms. The molecular weight excluding hydrogens is 232 g/mol. The smallest absolute Gasteiger partial charge is 0.218 e. The number of aliphatic hydroxyl groups is 1. The molecule has 3 unspecified atom stereocenters. The van der Waals surface area contributed by atoms with Crippen LogP contribution in [-0.4, -0.2) is 61.5 Å². The van der Waals surface area contributed by atoms with Gasteiger partial charge in [-0.1, -0.05) is 0 Å². The standard InChI is InChI=1S/C9H20N2O4S/c1-7-4-11(5-9(6-12)15-7)16(13,14)8(2)3-10/h7-9,12H,3-6,10H2,1-2H3. The zero-order valence-corrected chi connectivity index (χ0v) is 10.5. The first-order valence-electron chi connectivity index (χ1n) is 5.37. The predicted molar refractivity (Wildman–Crippen MR) is 60.4 cm³/mol. The Morgan fingerprint density at radius 3 is 2.69 bits per heavy atom. The highest BCUT2D eigenvalue weighted by molar-refractivity contribution is 7.89. The van der Waals surface area contributed by atoms with Gasteiger partial charge in [-0.3, -0.25) is 0 Å². The normalized spacial score (nSPS) is 30.2. The highest BCUT2D eigenvalue weighted by Crippen LogP contribution is 2.17. The summed E-state index contributed by atoms with van der Waals surface area (Å²) in [6.07, 6.45) is -0.644. The number of rotatable bonds is 4. The Hall–Kier alpha value is -0.210. The summed E-state index contributed by atoms with van der Waals surface area (Å²) in [6, 6.07) is 0. The van der Waals surface area contributed by atoms with E-state index in [4.69, 9.17) is 15.6 Å². The summed E-state index contributed by atoms with van der Waals surface area (Å²) in [7, 11) is -3.37. The van der Waals surface area contributed by atoms with Crippen LogP contribution in [0.15, 0.2) is 0 Å². The third-order valence-corrected chi connectivity index (χ3v) is 4.92. The molecule has 0 spiro atoms. The lowest BCUT2D eigenvalue weighted by Gasteiger charge is -2.36. The minimum Gasteiger partial charge on any atom is -0.394 e. The number of aliphatic hydroxyl groups excluding tert-OH is 1. The van der Waals surface area contributed by atoms with E-state index in [9.17, 15) is 8.42 Å². The lowest BCUT2D eigenvalue weighted by atomic mass is 10.2. The number of nitrogens with two attached hydrogens (primary N) is 1. The maximum absolute atomic E-state index is 12.0. The van der Waals surface area contributed by atoms with E-state index in [1.807, 2.05) is 0 Å². The van der Waals surface area contributed by atoms with Gasteiger partial charge in [-0.05, 0) is 13.8 Å². The molecule has 0 aromatic heterocycles. The Labute approximate surface area is 96.4 Å². The summed E-state index contributed by atoms with van der Waals surface area (Å²) in [5.74, 6) is 0. The van der Waals surface area contributed by atoms with Crippen molar-refractivity contribution in [1.82, 2.24) is 4.31 Å². The molecule has 0 radical (unpaired) electrons. The molecule has 1 heterocycles. The Kier molecular flexibility index (Phi) is 4.69. The monoisotopic (exact) mass is 252 g/mol. The third-order valence-electron chi connectivity index (χ3n) is 2.70. The molecule has 0 aromatic rings. The van der Waals surface area contributed by atoms with Crippen LogP contribution in [0.3, 0.4) is 0 Å². The number of sulfonamides is 1. The molecule has 96 valence electrons. The number of ether oxygens (including phenoxy) is 1. The van der Waals surface area contributed by atoms with E-state index < -0.39 is 21.4 Å². The summed E-state index contributed by atoms with van der Waals surface area (Å²) in [4.78, 5) is 0. The van der Waals surface area contributed by atoms with Crippen LogP contribution in [0.25, 0.3) is 0 Å². The van der Waals surface area contributed by atoms with Crippen LogP contribution in [0.2, 0.25) is 0 Å². The average Bonchev–Trinajstić information content (AvgIpc) is 2.26. The highest BCUT2D eigenvalue weighted by atomic mass is 32.2. The number of nitrogens with zero attached hydrogens (tertiary/aromatic N) is 1. The van der Waals surface area contributed by atoms with E-state index in [-0.39, 0.29) is 25.8 Å². The fraction of sp³-hybridized carbons (Fsp3) is 1.00. The summed E-state index contributed by atoms with van der Waals surface area (Å²) in [5, 5.41) is 8.42. The molecular formula is C9H20N2O4S. The van der Waals surface area contributed by atoms with Gasteiger partial charge in [0.15, 0.2) is 0 Å². The average molecular weight is 252 g/mol. The maximum Gasteiger partial charge on any atom is 0.218 e. The van der Waals surface area contributed by atoms with Crippen molar-refractivity contribution in [2.24, 2.45) is 5.73 Å². The van der Waals surface area contributed by atoms with Gasteiger partial charge in [0.1, 0.15) is 0 Å². The van der Waals surface area contributed by atoms with Crippen molar-refractivity contribution in [3.63, 3.8) is 0 Å². The first kappa shape index (κ1) is 13.9. The lowest BCUT2D eigenvalue weighted by Crippen LogP contribution is -2.53. The minimum absolute atomic E-state index is 0.0951. The van der Waals surface area contributed by atoms with Crippen molar-refractivity contribution < 1.29 is 18.3 Å². The first-order valence-corrected chi connectivity index (χ1v) is 6.87. The van der Waals surface area contributed by atoms with E-state index in [1.165, 1.54) is 4.31 Å². The molecule has 1 aliphatic heterocycles. The predicted octanol–water partition coefficient (Wildman–Crippen LogP) is -1.25. The zero-order chi connectivity index (χ0) is 12.3. The topological polar surface area (TPSA) is 92.9 Å². The van der Waals surface area contributed by atoms with Crippen LogP contribution < -0.4 is 5.73 Å². The summed E-state index contributed by atoms with van der Waals surface area (Å²) >= 11 is 0. The van der Waals surface area contributed by atoms with Gasteiger partial charge in [0.05, 0.1) is 24.1 Å². The second-order valence-electron chi connectivity index (χ2n) is 4.16. The Morgan fingerprint density at radius 2 is 2.19 bits per heavy atom. The molecule has 1 aliphatic rings. The molecule has 6 nitrogen and oxygen atoms in total. The van der Waals surface area contributed by atoms with Gasteiger partial charge < -0.3 is 15.6 Å². The van der Waals surface area contributed by atoms with Gasteiger partial charge in [0.25, 0.3) is 0 Å². The minimum atomic E-state index is -3.37. The largest absolute Gasteiger partial charge is 0.394 e. The molecule has 0 saturated carbocycles. The van der Waals surface area contributed by atoms with Crippen molar-refractivity contribution >= 4 is 10.0 Å². The molecule has 0 amide bonds. The Bertz CT molecular complexity index is 319. The molecule has 3 atom stereocenters. The first-order chi connectivity index (χ1) is 7.41. The van der Waals surface area contributed by atoms with Crippen LogP contribution in [0.4, 0.5) is 0 Å².